The van der Waals surface area contributed by atoms with Gasteiger partial charge >= 0.3 is 0 Å². The molecule has 1 saturated carbocycles. The van der Waals surface area contributed by atoms with Crippen molar-refractivity contribution in [1.29, 1.82) is 0 Å². The van der Waals surface area contributed by atoms with E-state index in [2.05, 4.69) is 21.2 Å². The summed E-state index contributed by atoms with van der Waals surface area (Å²) in [5.41, 5.74) is -0.331. The Morgan fingerprint density at radius 1 is 1.38 bits per heavy atom. The fourth-order valence-corrected chi connectivity index (χ4v) is 2.71. The minimum atomic E-state index is -2.70. The van der Waals surface area contributed by atoms with E-state index in [-0.39, 0.29) is 18.9 Å². The van der Waals surface area contributed by atoms with Crippen LogP contribution in [0.4, 0.5) is 8.78 Å². The van der Waals surface area contributed by atoms with Crippen molar-refractivity contribution in [3.63, 3.8) is 0 Å². The lowest BCUT2D eigenvalue weighted by atomic mass is 9.87. The van der Waals surface area contributed by atoms with Crippen LogP contribution < -0.4 is 5.32 Å². The molecule has 0 saturated heterocycles. The van der Waals surface area contributed by atoms with Gasteiger partial charge in [0.2, 0.25) is 0 Å². The third-order valence-electron chi connectivity index (χ3n) is 3.39. The minimum Gasteiger partial charge on any atom is -0.351 e. The van der Waals surface area contributed by atoms with Gasteiger partial charge in [-0.05, 0) is 23.8 Å². The Morgan fingerprint density at radius 2 is 2.06 bits per heavy atom. The highest BCUT2D eigenvalue weighted by molar-refractivity contribution is 9.10. The molecule has 5 heteroatoms. The van der Waals surface area contributed by atoms with Gasteiger partial charge in [-0.25, -0.2) is 8.78 Å². The molecule has 1 aliphatic heterocycles. The molecule has 84 valence electrons. The van der Waals surface area contributed by atoms with Gasteiger partial charge in [0.25, 0.3) is 11.8 Å². The molecule has 0 aromatic heterocycles. The maximum absolute atomic E-state index is 13.4. The molecule has 0 radical (unpaired) electrons. The number of fused-ring (bicyclic) bond motifs is 2. The van der Waals surface area contributed by atoms with E-state index in [0.717, 1.165) is 4.47 Å². The molecule has 2 aliphatic rings. The quantitative estimate of drug-likeness (QED) is 0.780. The van der Waals surface area contributed by atoms with E-state index in [1.54, 1.807) is 18.2 Å². The van der Waals surface area contributed by atoms with Crippen molar-refractivity contribution >= 4 is 21.8 Å². The van der Waals surface area contributed by atoms with Gasteiger partial charge in [-0.15, -0.1) is 0 Å². The summed E-state index contributed by atoms with van der Waals surface area (Å²) in [4.78, 5) is 11.6. The SMILES string of the molecule is O=C1NCC2(CC2(F)F)c2cc(Br)ccc21. The molecule has 1 fully saturated rings. The lowest BCUT2D eigenvalue weighted by Gasteiger charge is -2.26. The van der Waals surface area contributed by atoms with E-state index in [0.29, 0.717) is 11.1 Å². The third-order valence-corrected chi connectivity index (χ3v) is 3.88. The second-order valence-corrected chi connectivity index (χ2v) is 5.25. The van der Waals surface area contributed by atoms with Crippen molar-refractivity contribution in [3.8, 4) is 0 Å². The Balaban J connectivity index is 2.21. The van der Waals surface area contributed by atoms with Gasteiger partial charge in [0, 0.05) is 23.0 Å². The molecule has 1 unspecified atom stereocenters. The Bertz CT molecular complexity index is 503. The molecule has 1 aromatic carbocycles. The van der Waals surface area contributed by atoms with E-state index in [1.165, 1.54) is 0 Å². The Kier molecular flexibility index (Phi) is 1.80. The average Bonchev–Trinajstić information content (AvgIpc) is 2.77. The number of amides is 1. The average molecular weight is 288 g/mol. The number of nitrogens with one attached hydrogen (secondary N) is 1. The topological polar surface area (TPSA) is 29.1 Å². The summed E-state index contributed by atoms with van der Waals surface area (Å²) in [5.74, 6) is -2.97. The predicted octanol–water partition coefficient (Wildman–Crippen LogP) is 2.47. The highest BCUT2D eigenvalue weighted by Crippen LogP contribution is 2.62. The Morgan fingerprint density at radius 3 is 2.69 bits per heavy atom. The molecule has 1 spiro atoms. The number of hydrogen-bond acceptors (Lipinski definition) is 1. The van der Waals surface area contributed by atoms with Crippen LogP contribution in [0.2, 0.25) is 0 Å². The first-order chi connectivity index (χ1) is 7.46. The maximum atomic E-state index is 13.4. The van der Waals surface area contributed by atoms with Crippen LogP contribution in [0.3, 0.4) is 0 Å². The molecule has 1 heterocycles. The zero-order valence-corrected chi connectivity index (χ0v) is 9.77. The van der Waals surface area contributed by atoms with Crippen LogP contribution in [0.5, 0.6) is 0 Å². The molecule has 1 aromatic rings. The molecule has 1 aliphatic carbocycles. The number of alkyl halides is 2. The lowest BCUT2D eigenvalue weighted by Crippen LogP contribution is -2.42. The van der Waals surface area contributed by atoms with Crippen LogP contribution in [-0.4, -0.2) is 18.4 Å². The molecule has 3 rings (SSSR count). The zero-order chi connectivity index (χ0) is 11.6. The van der Waals surface area contributed by atoms with Crippen LogP contribution in [0.15, 0.2) is 22.7 Å². The first kappa shape index (κ1) is 10.2. The van der Waals surface area contributed by atoms with Gasteiger partial charge in [-0.1, -0.05) is 15.9 Å². The summed E-state index contributed by atoms with van der Waals surface area (Å²) in [6, 6.07) is 4.91. The van der Waals surface area contributed by atoms with E-state index < -0.39 is 11.3 Å². The van der Waals surface area contributed by atoms with Gasteiger partial charge in [0.05, 0.1) is 5.41 Å². The third kappa shape index (κ3) is 1.12. The molecular formula is C11H8BrF2NO. The van der Waals surface area contributed by atoms with Crippen molar-refractivity contribution in [1.82, 2.24) is 5.32 Å². The number of carbonyl (C=O) groups is 1. The van der Waals surface area contributed by atoms with E-state index in [1.807, 2.05) is 0 Å². The van der Waals surface area contributed by atoms with Crippen LogP contribution in [0.25, 0.3) is 0 Å². The van der Waals surface area contributed by atoms with Gasteiger partial charge in [-0.3, -0.25) is 4.79 Å². The first-order valence-electron chi connectivity index (χ1n) is 4.92. The minimum absolute atomic E-state index is 0.0300. The molecule has 1 amide bonds. The van der Waals surface area contributed by atoms with E-state index >= 15 is 0 Å². The van der Waals surface area contributed by atoms with Crippen LogP contribution in [-0.2, 0) is 5.41 Å². The molecule has 1 N–H and O–H groups in total. The molecular weight excluding hydrogens is 280 g/mol. The van der Waals surface area contributed by atoms with Gasteiger partial charge < -0.3 is 5.32 Å². The number of carbonyl (C=O) groups excluding carboxylic acids is 1. The van der Waals surface area contributed by atoms with E-state index in [4.69, 9.17) is 0 Å². The Hall–Kier alpha value is -0.970. The standard InChI is InChI=1S/C11H8BrF2NO/c12-6-1-2-7-8(3-6)10(4-11(10,13)14)5-15-9(7)16/h1-3H,4-5H2,(H,15,16). The van der Waals surface area contributed by atoms with E-state index in [9.17, 15) is 13.6 Å². The molecule has 1 atom stereocenters. The van der Waals surface area contributed by atoms with Crippen molar-refractivity contribution in [2.75, 3.05) is 6.54 Å². The number of rotatable bonds is 0. The summed E-state index contributed by atoms with van der Waals surface area (Å²) < 4.78 is 27.6. The summed E-state index contributed by atoms with van der Waals surface area (Å²) in [5, 5.41) is 2.53. The molecule has 16 heavy (non-hydrogen) atoms. The van der Waals surface area contributed by atoms with Gasteiger partial charge in [0.15, 0.2) is 0 Å². The molecule has 2 nitrogen and oxygen atoms in total. The van der Waals surface area contributed by atoms with Gasteiger partial charge in [0.1, 0.15) is 0 Å². The monoisotopic (exact) mass is 287 g/mol. The maximum Gasteiger partial charge on any atom is 0.260 e. The second kappa shape index (κ2) is 2.83. The predicted molar refractivity (Wildman–Crippen MR) is 57.7 cm³/mol. The normalized spacial score (nSPS) is 29.8. The highest BCUT2D eigenvalue weighted by atomic mass is 79.9. The summed E-state index contributed by atoms with van der Waals surface area (Å²) >= 11 is 3.25. The highest BCUT2D eigenvalue weighted by Gasteiger charge is 2.73. The number of halogens is 3. The summed E-state index contributed by atoms with van der Waals surface area (Å²) in [6.07, 6.45) is -0.177. The van der Waals surface area contributed by atoms with Crippen molar-refractivity contribution < 1.29 is 13.6 Å². The lowest BCUT2D eigenvalue weighted by molar-refractivity contribution is 0.0781. The van der Waals surface area contributed by atoms with Crippen molar-refractivity contribution in [2.24, 2.45) is 0 Å². The van der Waals surface area contributed by atoms with Gasteiger partial charge in [-0.2, -0.15) is 0 Å². The van der Waals surface area contributed by atoms with Crippen molar-refractivity contribution in [3.05, 3.63) is 33.8 Å². The molecule has 0 bridgehead atoms. The second-order valence-electron chi connectivity index (χ2n) is 4.34. The zero-order valence-electron chi connectivity index (χ0n) is 8.19. The van der Waals surface area contributed by atoms with Crippen LogP contribution in [0.1, 0.15) is 22.3 Å². The fourth-order valence-electron chi connectivity index (χ4n) is 2.35. The summed E-state index contributed by atoms with van der Waals surface area (Å²) in [7, 11) is 0. The largest absolute Gasteiger partial charge is 0.351 e. The Labute approximate surface area is 99.2 Å². The van der Waals surface area contributed by atoms with Crippen LogP contribution >= 0.6 is 15.9 Å². The number of hydrogen-bond donors (Lipinski definition) is 1. The summed E-state index contributed by atoms with van der Waals surface area (Å²) in [6.45, 7) is 0.0300. The van der Waals surface area contributed by atoms with Crippen LogP contribution in [0, 0.1) is 0 Å². The fraction of sp³-hybridized carbons (Fsp3) is 0.364. The smallest absolute Gasteiger partial charge is 0.260 e. The number of benzene rings is 1. The van der Waals surface area contributed by atoms with Crippen molar-refractivity contribution in [2.45, 2.75) is 17.8 Å². The first-order valence-corrected chi connectivity index (χ1v) is 5.72.